The average Bonchev–Trinajstić information content (AvgIpc) is 2.67. The molecule has 0 amide bonds. The number of rotatable bonds is 7. The van der Waals surface area contributed by atoms with Gasteiger partial charge in [-0.25, -0.2) is 13.1 Å². The molecule has 1 unspecified atom stereocenters. The van der Waals surface area contributed by atoms with Gasteiger partial charge in [0, 0.05) is 6.04 Å². The van der Waals surface area contributed by atoms with E-state index in [0.717, 1.165) is 0 Å². The summed E-state index contributed by atoms with van der Waals surface area (Å²) in [4.78, 5) is 0. The maximum absolute atomic E-state index is 11.9. The second kappa shape index (κ2) is 6.00. The van der Waals surface area contributed by atoms with Gasteiger partial charge in [0.05, 0.1) is 6.54 Å². The van der Waals surface area contributed by atoms with Crippen molar-refractivity contribution in [3.63, 3.8) is 0 Å². The van der Waals surface area contributed by atoms with Crippen LogP contribution >= 0.6 is 0 Å². The van der Waals surface area contributed by atoms with E-state index >= 15 is 0 Å². The molecule has 0 aromatic carbocycles. The number of hydrogen-bond donors (Lipinski definition) is 2. The minimum atomic E-state index is -3.57. The average molecular weight is 258 g/mol. The lowest BCUT2D eigenvalue weighted by Gasteiger charge is -2.10. The third kappa shape index (κ3) is 3.99. The second-order valence-electron chi connectivity index (χ2n) is 3.80. The van der Waals surface area contributed by atoms with Crippen LogP contribution in [0.5, 0.6) is 0 Å². The quantitative estimate of drug-likeness (QED) is 0.722. The molecule has 2 N–H and O–H groups in total. The Kier molecular flexibility index (Phi) is 4.92. The largest absolute Gasteiger partial charge is 0.447 e. The monoisotopic (exact) mass is 258 g/mol. The topological polar surface area (TPSA) is 71.3 Å². The van der Waals surface area contributed by atoms with Crippen LogP contribution in [0.4, 0.5) is 0 Å². The second-order valence-corrected chi connectivity index (χ2v) is 5.44. The minimum absolute atomic E-state index is 0.0568. The zero-order chi connectivity index (χ0) is 12.9. The summed E-state index contributed by atoms with van der Waals surface area (Å²) in [5.41, 5.74) is 0. The lowest BCUT2D eigenvalue weighted by atomic mass is 10.3. The van der Waals surface area contributed by atoms with Gasteiger partial charge in [0.2, 0.25) is 5.09 Å². The summed E-state index contributed by atoms with van der Waals surface area (Å²) in [5.74, 6) is 0.587. The fourth-order valence-corrected chi connectivity index (χ4v) is 2.60. The zero-order valence-electron chi connectivity index (χ0n) is 10.1. The van der Waals surface area contributed by atoms with Gasteiger partial charge in [-0.05, 0) is 32.5 Å². The molecule has 96 valence electrons. The third-order valence-electron chi connectivity index (χ3n) is 2.13. The van der Waals surface area contributed by atoms with Gasteiger partial charge in [0.25, 0.3) is 10.0 Å². The fraction of sp³-hybridized carbons (Fsp3) is 0.455. The predicted molar refractivity (Wildman–Crippen MR) is 66.1 cm³/mol. The van der Waals surface area contributed by atoms with Crippen LogP contribution in [0.1, 0.15) is 19.1 Å². The van der Waals surface area contributed by atoms with Crippen LogP contribution in [0, 0.1) is 0 Å². The zero-order valence-corrected chi connectivity index (χ0v) is 10.9. The van der Waals surface area contributed by atoms with Crippen molar-refractivity contribution in [2.45, 2.75) is 31.0 Å². The molecule has 0 saturated carbocycles. The lowest BCUT2D eigenvalue weighted by molar-refractivity contribution is 0.403. The van der Waals surface area contributed by atoms with Crippen molar-refractivity contribution in [1.82, 2.24) is 10.0 Å². The summed E-state index contributed by atoms with van der Waals surface area (Å²) >= 11 is 0. The number of sulfonamides is 1. The molecule has 0 saturated heterocycles. The van der Waals surface area contributed by atoms with Crippen LogP contribution in [-0.2, 0) is 16.6 Å². The Morgan fingerprint density at radius 1 is 1.53 bits per heavy atom. The first-order valence-electron chi connectivity index (χ1n) is 5.36. The van der Waals surface area contributed by atoms with Gasteiger partial charge in [-0.2, -0.15) is 0 Å². The van der Waals surface area contributed by atoms with E-state index < -0.39 is 10.0 Å². The Morgan fingerprint density at radius 3 is 2.82 bits per heavy atom. The molecule has 0 spiro atoms. The molecule has 1 aromatic heterocycles. The van der Waals surface area contributed by atoms with Crippen molar-refractivity contribution in [3.8, 4) is 0 Å². The Balaban J connectivity index is 2.78. The Hall–Kier alpha value is -1.11. The molecular formula is C11H18N2O3S. The molecule has 17 heavy (non-hydrogen) atoms. The van der Waals surface area contributed by atoms with Crippen LogP contribution in [0.3, 0.4) is 0 Å². The molecule has 1 heterocycles. The van der Waals surface area contributed by atoms with Crippen LogP contribution in [0.15, 0.2) is 34.3 Å². The highest BCUT2D eigenvalue weighted by Crippen LogP contribution is 2.14. The van der Waals surface area contributed by atoms with Gasteiger partial charge in [0.1, 0.15) is 5.76 Å². The van der Waals surface area contributed by atoms with Crippen molar-refractivity contribution < 1.29 is 12.8 Å². The van der Waals surface area contributed by atoms with Gasteiger partial charge in [-0.15, -0.1) is 6.58 Å². The van der Waals surface area contributed by atoms with Crippen molar-refractivity contribution in [2.24, 2.45) is 0 Å². The number of furan rings is 1. The molecule has 0 aliphatic rings. The predicted octanol–water partition coefficient (Wildman–Crippen LogP) is 1.24. The van der Waals surface area contributed by atoms with Gasteiger partial charge >= 0.3 is 0 Å². The van der Waals surface area contributed by atoms with Crippen LogP contribution in [0.2, 0.25) is 0 Å². The highest BCUT2D eigenvalue weighted by Gasteiger charge is 2.20. The first kappa shape index (κ1) is 14.0. The smallest absolute Gasteiger partial charge is 0.274 e. The number of nitrogens with one attached hydrogen (secondary N) is 2. The number of hydrogen-bond acceptors (Lipinski definition) is 4. The lowest BCUT2D eigenvalue weighted by Crippen LogP contribution is -2.31. The Morgan fingerprint density at radius 2 is 2.24 bits per heavy atom. The summed E-state index contributed by atoms with van der Waals surface area (Å²) in [6.07, 6.45) is 2.24. The van der Waals surface area contributed by atoms with Crippen molar-refractivity contribution in [2.75, 3.05) is 7.05 Å². The highest BCUT2D eigenvalue weighted by atomic mass is 32.2. The van der Waals surface area contributed by atoms with Gasteiger partial charge in [-0.3, -0.25) is 0 Å². The minimum Gasteiger partial charge on any atom is -0.447 e. The van der Waals surface area contributed by atoms with E-state index in [4.69, 9.17) is 4.42 Å². The summed E-state index contributed by atoms with van der Waals surface area (Å²) in [6, 6.07) is 2.90. The molecule has 0 aliphatic carbocycles. The molecule has 6 heteroatoms. The maximum atomic E-state index is 11.9. The Labute approximate surface area is 102 Å². The van der Waals surface area contributed by atoms with E-state index in [1.165, 1.54) is 6.07 Å². The summed E-state index contributed by atoms with van der Waals surface area (Å²) in [6.45, 7) is 5.84. The van der Waals surface area contributed by atoms with Gasteiger partial charge < -0.3 is 9.73 Å². The maximum Gasteiger partial charge on any atom is 0.274 e. The molecule has 5 nitrogen and oxygen atoms in total. The highest BCUT2D eigenvalue weighted by molar-refractivity contribution is 7.89. The Bertz CT molecular complexity index is 465. The van der Waals surface area contributed by atoms with Crippen LogP contribution in [0.25, 0.3) is 0 Å². The van der Waals surface area contributed by atoms with E-state index in [9.17, 15) is 8.42 Å². The van der Waals surface area contributed by atoms with Crippen molar-refractivity contribution >= 4 is 10.0 Å². The van der Waals surface area contributed by atoms with Crippen molar-refractivity contribution in [3.05, 3.63) is 30.5 Å². The van der Waals surface area contributed by atoms with E-state index in [-0.39, 0.29) is 11.1 Å². The molecule has 1 aromatic rings. The standard InChI is InChI=1S/C11H18N2O3S/c1-4-5-9(2)13-17(14,15)11-7-6-10(16-11)8-12-3/h4,6-7,9,12-13H,1,5,8H2,2-3H3. The van der Waals surface area contributed by atoms with E-state index in [0.29, 0.717) is 18.7 Å². The molecular weight excluding hydrogens is 240 g/mol. The first-order valence-corrected chi connectivity index (χ1v) is 6.84. The SMILES string of the molecule is C=CCC(C)NS(=O)(=O)c1ccc(CNC)o1. The molecule has 0 bridgehead atoms. The summed E-state index contributed by atoms with van der Waals surface area (Å²) in [7, 11) is -1.81. The van der Waals surface area contributed by atoms with Gasteiger partial charge in [-0.1, -0.05) is 6.08 Å². The van der Waals surface area contributed by atoms with Crippen LogP contribution in [-0.4, -0.2) is 21.5 Å². The molecule has 0 radical (unpaired) electrons. The van der Waals surface area contributed by atoms with E-state index in [2.05, 4.69) is 16.6 Å². The normalized spacial score (nSPS) is 13.5. The summed E-state index contributed by atoms with van der Waals surface area (Å²) < 4.78 is 31.5. The first-order chi connectivity index (χ1) is 7.99. The van der Waals surface area contributed by atoms with Crippen LogP contribution < -0.4 is 10.0 Å². The van der Waals surface area contributed by atoms with Gasteiger partial charge in [0.15, 0.2) is 0 Å². The molecule has 0 fully saturated rings. The fourth-order valence-electron chi connectivity index (χ4n) is 1.39. The molecule has 1 rings (SSSR count). The van der Waals surface area contributed by atoms with Crippen molar-refractivity contribution in [1.29, 1.82) is 0 Å². The molecule has 0 aliphatic heterocycles. The third-order valence-corrected chi connectivity index (χ3v) is 3.59. The van der Waals surface area contributed by atoms with E-state index in [1.807, 2.05) is 0 Å². The summed E-state index contributed by atoms with van der Waals surface area (Å²) in [5, 5.41) is 2.83. The molecule has 1 atom stereocenters. The van der Waals surface area contributed by atoms with E-state index in [1.54, 1.807) is 26.1 Å².